The molecule has 218 valence electrons. The van der Waals surface area contributed by atoms with E-state index in [2.05, 4.69) is 95.3 Å². The van der Waals surface area contributed by atoms with E-state index in [1.165, 1.54) is 27.5 Å². The van der Waals surface area contributed by atoms with Crippen LogP contribution in [0.1, 0.15) is 25.0 Å². The van der Waals surface area contributed by atoms with E-state index in [4.69, 9.17) is 15.0 Å². The Labute approximate surface area is 266 Å². The summed E-state index contributed by atoms with van der Waals surface area (Å²) in [5, 5.41) is 11.4. The first kappa shape index (κ1) is 26.4. The molecule has 0 spiro atoms. The topological polar surface area (TPSA) is 69.4 Å². The fourth-order valence-corrected chi connectivity index (χ4v) is 6.97. The molecule has 9 rings (SSSR count). The SMILES string of the molecule is CC1(C)c2ccnnc2-c2c1ccc1c2c2ccccc2n1-c1ccc(-c2nc(-c3ccccc3)nc(-c3ccccc3)n2)cc1. The van der Waals surface area contributed by atoms with Crippen LogP contribution in [0.5, 0.6) is 0 Å². The minimum Gasteiger partial charge on any atom is -0.309 e. The van der Waals surface area contributed by atoms with E-state index in [1.54, 1.807) is 6.20 Å². The molecule has 5 aromatic carbocycles. The summed E-state index contributed by atoms with van der Waals surface area (Å²) in [5.41, 5.74) is 10.7. The Morgan fingerprint density at radius 2 is 1.11 bits per heavy atom. The maximum atomic E-state index is 4.92. The largest absolute Gasteiger partial charge is 0.309 e. The zero-order valence-electron chi connectivity index (χ0n) is 25.4. The zero-order valence-corrected chi connectivity index (χ0v) is 25.4. The normalized spacial score (nSPS) is 13.2. The minimum absolute atomic E-state index is 0.151. The molecule has 0 saturated heterocycles. The lowest BCUT2D eigenvalue weighted by Crippen LogP contribution is -2.15. The Balaban J connectivity index is 1.21. The quantitative estimate of drug-likeness (QED) is 0.204. The van der Waals surface area contributed by atoms with Gasteiger partial charge in [0.05, 0.1) is 16.7 Å². The van der Waals surface area contributed by atoms with Crippen molar-refractivity contribution in [2.45, 2.75) is 19.3 Å². The first-order chi connectivity index (χ1) is 22.6. The summed E-state index contributed by atoms with van der Waals surface area (Å²) in [7, 11) is 0. The van der Waals surface area contributed by atoms with Gasteiger partial charge in [-0.15, -0.1) is 0 Å². The number of para-hydroxylation sites is 1. The third-order valence-electron chi connectivity index (χ3n) is 9.23. The van der Waals surface area contributed by atoms with Crippen LogP contribution >= 0.6 is 0 Å². The van der Waals surface area contributed by atoms with Gasteiger partial charge >= 0.3 is 0 Å². The van der Waals surface area contributed by atoms with Crippen molar-refractivity contribution in [1.82, 2.24) is 29.7 Å². The van der Waals surface area contributed by atoms with Crippen molar-refractivity contribution in [3.63, 3.8) is 0 Å². The molecule has 46 heavy (non-hydrogen) atoms. The molecule has 0 fully saturated rings. The Morgan fingerprint density at radius 3 is 1.76 bits per heavy atom. The van der Waals surface area contributed by atoms with Crippen molar-refractivity contribution in [3.8, 4) is 51.1 Å². The van der Waals surface area contributed by atoms with E-state index in [0.29, 0.717) is 17.5 Å². The van der Waals surface area contributed by atoms with Gasteiger partial charge in [-0.2, -0.15) is 10.2 Å². The number of rotatable bonds is 4. The first-order valence-electron chi connectivity index (χ1n) is 15.4. The van der Waals surface area contributed by atoms with Crippen LogP contribution in [0.4, 0.5) is 0 Å². The number of fused-ring (bicyclic) bond motifs is 7. The van der Waals surface area contributed by atoms with Crippen LogP contribution in [-0.4, -0.2) is 29.7 Å². The van der Waals surface area contributed by atoms with Gasteiger partial charge in [0.1, 0.15) is 0 Å². The molecule has 1 aliphatic rings. The van der Waals surface area contributed by atoms with Gasteiger partial charge in [0.25, 0.3) is 0 Å². The molecule has 0 atom stereocenters. The third kappa shape index (κ3) is 3.93. The standard InChI is InChI=1S/C40H28N6/c1-40(2)30-21-22-33-34(35(30)36-31(40)23-24-41-45-36)29-15-9-10-16-32(29)46(33)28-19-17-27(18-20-28)39-43-37(25-11-5-3-6-12-25)42-38(44-39)26-13-7-4-8-14-26/h3-24H,1-2H3. The molecular formula is C40H28N6. The molecule has 3 heterocycles. The molecule has 0 saturated carbocycles. The van der Waals surface area contributed by atoms with Gasteiger partial charge in [0, 0.05) is 50.3 Å². The van der Waals surface area contributed by atoms with Gasteiger partial charge in [0.2, 0.25) is 0 Å². The van der Waals surface area contributed by atoms with E-state index in [0.717, 1.165) is 39.1 Å². The molecule has 0 amide bonds. The Morgan fingerprint density at radius 1 is 0.522 bits per heavy atom. The first-order valence-corrected chi connectivity index (χ1v) is 15.4. The maximum Gasteiger partial charge on any atom is 0.164 e. The second kappa shape index (κ2) is 10.0. The van der Waals surface area contributed by atoms with Crippen molar-refractivity contribution in [2.24, 2.45) is 0 Å². The van der Waals surface area contributed by atoms with Gasteiger partial charge in [-0.3, -0.25) is 0 Å². The molecule has 0 radical (unpaired) electrons. The van der Waals surface area contributed by atoms with Gasteiger partial charge in [-0.25, -0.2) is 15.0 Å². The lowest BCUT2D eigenvalue weighted by molar-refractivity contribution is 0.657. The van der Waals surface area contributed by atoms with Crippen LogP contribution in [0.15, 0.2) is 134 Å². The summed E-state index contributed by atoms with van der Waals surface area (Å²) in [6.07, 6.45) is 1.80. The highest BCUT2D eigenvalue weighted by Crippen LogP contribution is 2.52. The minimum atomic E-state index is -0.151. The highest BCUT2D eigenvalue weighted by molar-refractivity contribution is 6.17. The summed E-state index contributed by atoms with van der Waals surface area (Å²) in [5.74, 6) is 1.93. The molecule has 0 unspecified atom stereocenters. The molecular weight excluding hydrogens is 564 g/mol. The van der Waals surface area contributed by atoms with Crippen molar-refractivity contribution < 1.29 is 0 Å². The molecule has 0 bridgehead atoms. The summed E-state index contributed by atoms with van der Waals surface area (Å²) in [6.45, 7) is 4.55. The van der Waals surface area contributed by atoms with Gasteiger partial charge in [-0.1, -0.05) is 98.8 Å². The van der Waals surface area contributed by atoms with Crippen LogP contribution in [0.25, 0.3) is 72.9 Å². The van der Waals surface area contributed by atoms with Gasteiger partial charge in [-0.05, 0) is 53.6 Å². The Kier molecular flexibility index (Phi) is 5.74. The average molecular weight is 593 g/mol. The molecule has 1 aliphatic carbocycles. The van der Waals surface area contributed by atoms with Crippen molar-refractivity contribution in [2.75, 3.05) is 0 Å². The highest BCUT2D eigenvalue weighted by atomic mass is 15.1. The number of hydrogen-bond donors (Lipinski definition) is 0. The highest BCUT2D eigenvalue weighted by Gasteiger charge is 2.38. The van der Waals surface area contributed by atoms with Crippen molar-refractivity contribution in [1.29, 1.82) is 0 Å². The van der Waals surface area contributed by atoms with Crippen LogP contribution in [0.2, 0.25) is 0 Å². The van der Waals surface area contributed by atoms with E-state index < -0.39 is 0 Å². The summed E-state index contributed by atoms with van der Waals surface area (Å²) in [4.78, 5) is 14.7. The predicted octanol–water partition coefficient (Wildman–Crippen LogP) is 9.07. The predicted molar refractivity (Wildman–Crippen MR) is 184 cm³/mol. The van der Waals surface area contributed by atoms with Crippen LogP contribution in [0, 0.1) is 0 Å². The Bertz CT molecular complexity index is 2370. The fourth-order valence-electron chi connectivity index (χ4n) is 6.97. The van der Waals surface area contributed by atoms with E-state index in [9.17, 15) is 0 Å². The van der Waals surface area contributed by atoms with Crippen molar-refractivity contribution in [3.05, 3.63) is 145 Å². The lowest BCUT2D eigenvalue weighted by Gasteiger charge is -2.20. The van der Waals surface area contributed by atoms with E-state index in [1.807, 2.05) is 60.7 Å². The zero-order chi connectivity index (χ0) is 30.8. The summed E-state index contributed by atoms with van der Waals surface area (Å²) >= 11 is 0. The second-order valence-electron chi connectivity index (χ2n) is 12.2. The number of benzene rings is 5. The molecule has 0 N–H and O–H groups in total. The maximum absolute atomic E-state index is 4.92. The van der Waals surface area contributed by atoms with Crippen LogP contribution in [0.3, 0.4) is 0 Å². The smallest absolute Gasteiger partial charge is 0.164 e. The molecule has 0 aliphatic heterocycles. The molecule has 8 aromatic rings. The lowest BCUT2D eigenvalue weighted by atomic mass is 9.82. The number of aromatic nitrogens is 6. The molecule has 6 nitrogen and oxygen atoms in total. The van der Waals surface area contributed by atoms with Crippen molar-refractivity contribution >= 4 is 21.8 Å². The molecule has 6 heteroatoms. The van der Waals surface area contributed by atoms with E-state index in [-0.39, 0.29) is 5.41 Å². The Hall–Kier alpha value is -6.01. The van der Waals surface area contributed by atoms with Crippen LogP contribution < -0.4 is 0 Å². The molecule has 3 aromatic heterocycles. The van der Waals surface area contributed by atoms with Crippen LogP contribution in [-0.2, 0) is 5.41 Å². The van der Waals surface area contributed by atoms with Gasteiger partial charge in [0.15, 0.2) is 17.5 Å². The van der Waals surface area contributed by atoms with E-state index >= 15 is 0 Å². The fraction of sp³-hybridized carbons (Fsp3) is 0.0750. The van der Waals surface area contributed by atoms with Gasteiger partial charge < -0.3 is 4.57 Å². The third-order valence-corrected chi connectivity index (χ3v) is 9.23. The average Bonchev–Trinajstić information content (AvgIpc) is 3.58. The number of nitrogens with zero attached hydrogens (tertiary/aromatic N) is 6. The summed E-state index contributed by atoms with van der Waals surface area (Å²) in [6, 6.07) is 43.9. The second-order valence-corrected chi connectivity index (χ2v) is 12.2. The summed E-state index contributed by atoms with van der Waals surface area (Å²) < 4.78 is 2.34. The monoisotopic (exact) mass is 592 g/mol. The number of hydrogen-bond acceptors (Lipinski definition) is 5.